The lowest BCUT2D eigenvalue weighted by atomic mass is 10.3. The first-order valence-electron chi connectivity index (χ1n) is 5.21. The minimum Gasteiger partial charge on any atom is -0.466 e. The number of aromatic nitrogens is 2. The molecule has 0 atom stereocenters. The molecule has 0 fully saturated rings. The summed E-state index contributed by atoms with van der Waals surface area (Å²) in [4.78, 5) is 19.7. The Morgan fingerprint density at radius 2 is 2.41 bits per heavy atom. The van der Waals surface area contributed by atoms with E-state index in [0.29, 0.717) is 29.6 Å². The topological polar surface area (TPSA) is 65.2 Å². The smallest absolute Gasteiger partial charge is 0.311 e. The van der Waals surface area contributed by atoms with Gasteiger partial charge in [-0.3, -0.25) is 4.79 Å². The van der Waals surface area contributed by atoms with E-state index in [1.165, 1.54) is 11.3 Å². The number of rotatable bonds is 4. The van der Waals surface area contributed by atoms with E-state index in [1.54, 1.807) is 19.4 Å². The fourth-order valence-electron chi connectivity index (χ4n) is 1.37. The van der Waals surface area contributed by atoms with Crippen LogP contribution in [0.3, 0.4) is 0 Å². The maximum Gasteiger partial charge on any atom is 0.311 e. The highest BCUT2D eigenvalue weighted by molar-refractivity contribution is 7.07. The minimum atomic E-state index is -0.297. The highest BCUT2D eigenvalue weighted by atomic mass is 32.1. The van der Waals surface area contributed by atoms with Crippen LogP contribution in [0.15, 0.2) is 15.3 Å². The molecule has 2 rings (SSSR count). The SMILES string of the molecule is CCOC(=O)Cc1nc(-c2cscn2)oc1C. The van der Waals surface area contributed by atoms with Gasteiger partial charge in [-0.1, -0.05) is 0 Å². The molecule has 0 bridgehead atoms. The van der Waals surface area contributed by atoms with Gasteiger partial charge in [0.2, 0.25) is 5.89 Å². The van der Waals surface area contributed by atoms with Crippen LogP contribution < -0.4 is 0 Å². The zero-order valence-electron chi connectivity index (χ0n) is 9.60. The Morgan fingerprint density at radius 1 is 1.59 bits per heavy atom. The van der Waals surface area contributed by atoms with Crippen LogP contribution in [-0.2, 0) is 16.0 Å². The summed E-state index contributed by atoms with van der Waals surface area (Å²) in [6.07, 6.45) is 0.132. The van der Waals surface area contributed by atoms with Crippen LogP contribution in [-0.4, -0.2) is 22.5 Å². The summed E-state index contributed by atoms with van der Waals surface area (Å²) in [5.41, 5.74) is 3.00. The van der Waals surface area contributed by atoms with Gasteiger partial charge in [0.25, 0.3) is 0 Å². The average Bonchev–Trinajstić information content (AvgIpc) is 2.89. The number of nitrogens with zero attached hydrogens (tertiary/aromatic N) is 2. The Labute approximate surface area is 102 Å². The summed E-state index contributed by atoms with van der Waals surface area (Å²) in [6, 6.07) is 0. The third-order valence-corrected chi connectivity index (χ3v) is 2.75. The first kappa shape index (κ1) is 11.8. The van der Waals surface area contributed by atoms with Crippen LogP contribution in [0.4, 0.5) is 0 Å². The summed E-state index contributed by atoms with van der Waals surface area (Å²) in [5.74, 6) is 0.776. The molecule has 6 heteroatoms. The van der Waals surface area contributed by atoms with Crippen molar-refractivity contribution < 1.29 is 13.9 Å². The van der Waals surface area contributed by atoms with Gasteiger partial charge in [-0.15, -0.1) is 11.3 Å². The predicted molar refractivity (Wildman–Crippen MR) is 62.7 cm³/mol. The molecular weight excluding hydrogens is 240 g/mol. The summed E-state index contributed by atoms with van der Waals surface area (Å²) in [7, 11) is 0. The van der Waals surface area contributed by atoms with Crippen molar-refractivity contribution >= 4 is 17.3 Å². The largest absolute Gasteiger partial charge is 0.466 e. The van der Waals surface area contributed by atoms with E-state index in [-0.39, 0.29) is 12.4 Å². The van der Waals surface area contributed by atoms with Crippen LogP contribution in [0.5, 0.6) is 0 Å². The monoisotopic (exact) mass is 252 g/mol. The number of thiazole rings is 1. The number of aryl methyl sites for hydroxylation is 1. The summed E-state index contributed by atoms with van der Waals surface area (Å²) >= 11 is 1.47. The van der Waals surface area contributed by atoms with E-state index < -0.39 is 0 Å². The molecule has 0 amide bonds. The summed E-state index contributed by atoms with van der Waals surface area (Å²) in [5, 5.41) is 1.85. The molecule has 0 aliphatic heterocycles. The van der Waals surface area contributed by atoms with Crippen molar-refractivity contribution in [1.29, 1.82) is 0 Å². The van der Waals surface area contributed by atoms with Crippen LogP contribution in [0, 0.1) is 6.92 Å². The molecule has 2 aromatic heterocycles. The number of ether oxygens (including phenoxy) is 1. The molecule has 0 aliphatic rings. The van der Waals surface area contributed by atoms with Gasteiger partial charge >= 0.3 is 5.97 Å². The number of carbonyl (C=O) groups is 1. The van der Waals surface area contributed by atoms with Crippen molar-refractivity contribution in [2.75, 3.05) is 6.61 Å². The van der Waals surface area contributed by atoms with Crippen LogP contribution in [0.1, 0.15) is 18.4 Å². The average molecular weight is 252 g/mol. The number of esters is 1. The second-order valence-electron chi connectivity index (χ2n) is 3.38. The second-order valence-corrected chi connectivity index (χ2v) is 4.10. The van der Waals surface area contributed by atoms with Gasteiger partial charge in [-0.05, 0) is 13.8 Å². The molecule has 0 saturated carbocycles. The van der Waals surface area contributed by atoms with E-state index >= 15 is 0 Å². The van der Waals surface area contributed by atoms with Gasteiger partial charge < -0.3 is 9.15 Å². The van der Waals surface area contributed by atoms with Gasteiger partial charge in [-0.2, -0.15) is 0 Å². The Morgan fingerprint density at radius 3 is 3.06 bits per heavy atom. The first-order valence-corrected chi connectivity index (χ1v) is 6.15. The quantitative estimate of drug-likeness (QED) is 0.780. The standard InChI is InChI=1S/C11H12N2O3S/c1-3-15-10(14)4-8-7(2)16-11(13-8)9-5-17-6-12-9/h5-6H,3-4H2,1-2H3. The lowest BCUT2D eigenvalue weighted by molar-refractivity contribution is -0.142. The Balaban J connectivity index is 2.17. The fraction of sp³-hybridized carbons (Fsp3) is 0.364. The van der Waals surface area contributed by atoms with Crippen LogP contribution in [0.25, 0.3) is 11.6 Å². The van der Waals surface area contributed by atoms with E-state index in [1.807, 2.05) is 5.38 Å². The molecule has 0 spiro atoms. The van der Waals surface area contributed by atoms with Crippen molar-refractivity contribution in [3.05, 3.63) is 22.3 Å². The number of oxazole rings is 1. The Hall–Kier alpha value is -1.69. The van der Waals surface area contributed by atoms with Gasteiger partial charge in [0.05, 0.1) is 24.2 Å². The lowest BCUT2D eigenvalue weighted by Gasteiger charge is -1.98. The van der Waals surface area contributed by atoms with Gasteiger partial charge in [0.1, 0.15) is 11.5 Å². The normalized spacial score (nSPS) is 10.5. The van der Waals surface area contributed by atoms with Gasteiger partial charge in [0.15, 0.2) is 0 Å². The van der Waals surface area contributed by atoms with Crippen molar-refractivity contribution in [2.24, 2.45) is 0 Å². The zero-order chi connectivity index (χ0) is 12.3. The molecule has 90 valence electrons. The van der Waals surface area contributed by atoms with E-state index in [2.05, 4.69) is 9.97 Å². The summed E-state index contributed by atoms with van der Waals surface area (Å²) < 4.78 is 10.3. The molecule has 0 saturated heterocycles. The van der Waals surface area contributed by atoms with Crippen molar-refractivity contribution in [3.63, 3.8) is 0 Å². The predicted octanol–water partition coefficient (Wildman–Crippen LogP) is 2.21. The van der Waals surface area contributed by atoms with Crippen LogP contribution in [0.2, 0.25) is 0 Å². The maximum absolute atomic E-state index is 11.3. The molecule has 5 nitrogen and oxygen atoms in total. The van der Waals surface area contributed by atoms with Crippen molar-refractivity contribution in [2.45, 2.75) is 20.3 Å². The van der Waals surface area contributed by atoms with E-state index in [4.69, 9.17) is 9.15 Å². The minimum absolute atomic E-state index is 0.132. The highest BCUT2D eigenvalue weighted by Gasteiger charge is 2.15. The molecule has 2 aromatic rings. The summed E-state index contributed by atoms with van der Waals surface area (Å²) in [6.45, 7) is 3.92. The maximum atomic E-state index is 11.3. The van der Waals surface area contributed by atoms with Gasteiger partial charge in [-0.25, -0.2) is 9.97 Å². The van der Waals surface area contributed by atoms with Crippen LogP contribution >= 0.6 is 11.3 Å². The molecule has 0 unspecified atom stereocenters. The molecule has 0 aromatic carbocycles. The third-order valence-electron chi connectivity index (χ3n) is 2.16. The molecular formula is C11H12N2O3S. The zero-order valence-corrected chi connectivity index (χ0v) is 10.4. The number of carbonyl (C=O) groups excluding carboxylic acids is 1. The fourth-order valence-corrected chi connectivity index (χ4v) is 1.89. The lowest BCUT2D eigenvalue weighted by Crippen LogP contribution is -2.08. The van der Waals surface area contributed by atoms with Crippen molar-refractivity contribution in [3.8, 4) is 11.6 Å². The Kier molecular flexibility index (Phi) is 3.53. The second kappa shape index (κ2) is 5.09. The van der Waals surface area contributed by atoms with E-state index in [0.717, 1.165) is 0 Å². The molecule has 17 heavy (non-hydrogen) atoms. The molecule has 2 heterocycles. The molecule has 0 aliphatic carbocycles. The van der Waals surface area contributed by atoms with Gasteiger partial charge in [0, 0.05) is 5.38 Å². The third kappa shape index (κ3) is 2.71. The molecule has 0 N–H and O–H groups in total. The highest BCUT2D eigenvalue weighted by Crippen LogP contribution is 2.21. The Bertz CT molecular complexity index is 505. The van der Waals surface area contributed by atoms with E-state index in [9.17, 15) is 4.79 Å². The molecule has 0 radical (unpaired) electrons. The number of hydrogen-bond donors (Lipinski definition) is 0. The number of hydrogen-bond acceptors (Lipinski definition) is 6. The first-order chi connectivity index (χ1) is 8.20. The van der Waals surface area contributed by atoms with Crippen molar-refractivity contribution in [1.82, 2.24) is 9.97 Å².